The summed E-state index contributed by atoms with van der Waals surface area (Å²) in [6.07, 6.45) is 3.55. The first kappa shape index (κ1) is 14.0. The topological polar surface area (TPSA) is 58.4 Å². The number of halogens is 1. The molecule has 0 fully saturated rings. The second kappa shape index (κ2) is 5.73. The third kappa shape index (κ3) is 2.96. The van der Waals surface area contributed by atoms with Gasteiger partial charge in [-0.25, -0.2) is 4.39 Å². The van der Waals surface area contributed by atoms with Crippen molar-refractivity contribution < 1.29 is 14.3 Å². The molecule has 1 heterocycles. The highest BCUT2D eigenvalue weighted by Crippen LogP contribution is 2.20. The SMILES string of the molecule is CCn1cc(CN(C)C(=O)c2ccc(F)cc2O)cn1. The second-order valence-corrected chi connectivity index (χ2v) is 4.53. The minimum atomic E-state index is -0.578. The third-order valence-corrected chi connectivity index (χ3v) is 2.97. The van der Waals surface area contributed by atoms with Gasteiger partial charge in [0.15, 0.2) is 0 Å². The van der Waals surface area contributed by atoms with Gasteiger partial charge in [0.05, 0.1) is 11.8 Å². The number of carbonyl (C=O) groups is 1. The summed E-state index contributed by atoms with van der Waals surface area (Å²) < 4.78 is 14.7. The van der Waals surface area contributed by atoms with Gasteiger partial charge in [0.1, 0.15) is 11.6 Å². The van der Waals surface area contributed by atoms with Gasteiger partial charge in [-0.1, -0.05) is 0 Å². The van der Waals surface area contributed by atoms with Crippen molar-refractivity contribution in [2.24, 2.45) is 0 Å². The molecule has 1 aromatic heterocycles. The number of hydrogen-bond acceptors (Lipinski definition) is 3. The molecular weight excluding hydrogens is 261 g/mol. The number of aryl methyl sites for hydroxylation is 1. The number of carbonyl (C=O) groups excluding carboxylic acids is 1. The first-order valence-electron chi connectivity index (χ1n) is 6.26. The third-order valence-electron chi connectivity index (χ3n) is 2.97. The largest absolute Gasteiger partial charge is 0.507 e. The van der Waals surface area contributed by atoms with Gasteiger partial charge in [-0.3, -0.25) is 9.48 Å². The van der Waals surface area contributed by atoms with Crippen LogP contribution in [0.15, 0.2) is 30.6 Å². The maximum Gasteiger partial charge on any atom is 0.257 e. The maximum absolute atomic E-state index is 12.9. The number of rotatable bonds is 4. The molecule has 0 bridgehead atoms. The van der Waals surface area contributed by atoms with Crippen molar-refractivity contribution in [3.63, 3.8) is 0 Å². The summed E-state index contributed by atoms with van der Waals surface area (Å²) in [5, 5.41) is 13.7. The number of aromatic hydroxyl groups is 1. The van der Waals surface area contributed by atoms with Crippen LogP contribution >= 0.6 is 0 Å². The van der Waals surface area contributed by atoms with Crippen LogP contribution in [-0.4, -0.2) is 32.7 Å². The molecule has 0 saturated carbocycles. The summed E-state index contributed by atoms with van der Waals surface area (Å²) in [4.78, 5) is 13.6. The van der Waals surface area contributed by atoms with E-state index < -0.39 is 5.82 Å². The van der Waals surface area contributed by atoms with Crippen molar-refractivity contribution in [1.29, 1.82) is 0 Å². The van der Waals surface area contributed by atoms with E-state index in [1.54, 1.807) is 17.9 Å². The summed E-state index contributed by atoms with van der Waals surface area (Å²) in [6.45, 7) is 3.11. The Bertz CT molecular complexity index is 625. The molecule has 0 saturated heterocycles. The Morgan fingerprint density at radius 1 is 1.50 bits per heavy atom. The normalized spacial score (nSPS) is 10.6. The van der Waals surface area contributed by atoms with Crippen molar-refractivity contribution in [1.82, 2.24) is 14.7 Å². The van der Waals surface area contributed by atoms with E-state index in [1.165, 1.54) is 11.0 Å². The molecule has 0 radical (unpaired) electrons. The van der Waals surface area contributed by atoms with Gasteiger partial charge < -0.3 is 10.0 Å². The van der Waals surface area contributed by atoms with Crippen LogP contribution in [-0.2, 0) is 13.1 Å². The van der Waals surface area contributed by atoms with Gasteiger partial charge in [-0.05, 0) is 19.1 Å². The summed E-state index contributed by atoms with van der Waals surface area (Å²) >= 11 is 0. The Balaban J connectivity index is 2.12. The van der Waals surface area contributed by atoms with Gasteiger partial charge in [-0.2, -0.15) is 5.10 Å². The molecule has 20 heavy (non-hydrogen) atoms. The molecule has 1 amide bonds. The Hall–Kier alpha value is -2.37. The van der Waals surface area contributed by atoms with Gasteiger partial charge >= 0.3 is 0 Å². The number of phenols is 1. The Kier molecular flexibility index (Phi) is 4.02. The summed E-state index contributed by atoms with van der Waals surface area (Å²) in [6, 6.07) is 3.35. The predicted octanol–water partition coefficient (Wildman–Crippen LogP) is 2.02. The lowest BCUT2D eigenvalue weighted by atomic mass is 10.1. The molecule has 5 nitrogen and oxygen atoms in total. The fourth-order valence-corrected chi connectivity index (χ4v) is 1.90. The maximum atomic E-state index is 12.9. The van der Waals surface area contributed by atoms with Crippen LogP contribution in [0.25, 0.3) is 0 Å². The molecule has 0 atom stereocenters. The van der Waals surface area contributed by atoms with Crippen LogP contribution in [0.3, 0.4) is 0 Å². The zero-order valence-corrected chi connectivity index (χ0v) is 11.4. The molecule has 2 aromatic rings. The molecular formula is C14H16FN3O2. The molecule has 0 aliphatic heterocycles. The van der Waals surface area contributed by atoms with E-state index in [-0.39, 0.29) is 17.2 Å². The van der Waals surface area contributed by atoms with Crippen molar-refractivity contribution in [3.05, 3.63) is 47.5 Å². The summed E-state index contributed by atoms with van der Waals surface area (Å²) in [5.41, 5.74) is 0.973. The average Bonchev–Trinajstić information content (AvgIpc) is 2.85. The molecule has 0 aliphatic rings. The Labute approximate surface area is 116 Å². The van der Waals surface area contributed by atoms with E-state index in [1.807, 2.05) is 13.1 Å². The van der Waals surface area contributed by atoms with Crippen molar-refractivity contribution >= 4 is 5.91 Å². The van der Waals surface area contributed by atoms with E-state index >= 15 is 0 Å². The van der Waals surface area contributed by atoms with Crippen molar-refractivity contribution in [3.8, 4) is 5.75 Å². The zero-order chi connectivity index (χ0) is 14.7. The van der Waals surface area contributed by atoms with Crippen LogP contribution in [0.4, 0.5) is 4.39 Å². The minimum Gasteiger partial charge on any atom is -0.507 e. The van der Waals surface area contributed by atoms with E-state index in [2.05, 4.69) is 5.10 Å². The quantitative estimate of drug-likeness (QED) is 0.930. The number of benzene rings is 1. The van der Waals surface area contributed by atoms with Crippen LogP contribution in [0, 0.1) is 5.82 Å². The van der Waals surface area contributed by atoms with E-state index in [9.17, 15) is 14.3 Å². The Morgan fingerprint density at radius 2 is 2.25 bits per heavy atom. The molecule has 2 rings (SSSR count). The fraction of sp³-hybridized carbons (Fsp3) is 0.286. The van der Waals surface area contributed by atoms with Crippen LogP contribution in [0.2, 0.25) is 0 Å². The van der Waals surface area contributed by atoms with E-state index in [0.29, 0.717) is 6.54 Å². The number of amides is 1. The van der Waals surface area contributed by atoms with Crippen molar-refractivity contribution in [2.75, 3.05) is 7.05 Å². The smallest absolute Gasteiger partial charge is 0.257 e. The molecule has 0 spiro atoms. The number of aromatic nitrogens is 2. The monoisotopic (exact) mass is 277 g/mol. The molecule has 6 heteroatoms. The zero-order valence-electron chi connectivity index (χ0n) is 11.4. The van der Waals surface area contributed by atoms with Crippen LogP contribution in [0.1, 0.15) is 22.8 Å². The molecule has 1 N–H and O–H groups in total. The predicted molar refractivity (Wildman–Crippen MR) is 71.8 cm³/mol. The lowest BCUT2D eigenvalue weighted by molar-refractivity contribution is 0.0782. The fourth-order valence-electron chi connectivity index (χ4n) is 1.90. The van der Waals surface area contributed by atoms with E-state index in [0.717, 1.165) is 24.2 Å². The summed E-state index contributed by atoms with van der Waals surface area (Å²) in [7, 11) is 1.62. The number of nitrogens with zero attached hydrogens (tertiary/aromatic N) is 3. The van der Waals surface area contributed by atoms with Gasteiger partial charge in [0, 0.05) is 38.0 Å². The minimum absolute atomic E-state index is 0.0804. The molecule has 106 valence electrons. The lowest BCUT2D eigenvalue weighted by Gasteiger charge is -2.16. The van der Waals surface area contributed by atoms with Gasteiger partial charge in [0.2, 0.25) is 0 Å². The van der Waals surface area contributed by atoms with Gasteiger partial charge in [0.25, 0.3) is 5.91 Å². The molecule has 1 aromatic carbocycles. The van der Waals surface area contributed by atoms with Crippen LogP contribution < -0.4 is 0 Å². The highest BCUT2D eigenvalue weighted by molar-refractivity contribution is 5.96. The Morgan fingerprint density at radius 3 is 2.85 bits per heavy atom. The first-order valence-corrected chi connectivity index (χ1v) is 6.26. The highest BCUT2D eigenvalue weighted by atomic mass is 19.1. The summed E-state index contributed by atoms with van der Waals surface area (Å²) in [5.74, 6) is -1.30. The number of phenolic OH excluding ortho intramolecular Hbond substituents is 1. The lowest BCUT2D eigenvalue weighted by Crippen LogP contribution is -2.26. The highest BCUT2D eigenvalue weighted by Gasteiger charge is 2.17. The number of hydrogen-bond donors (Lipinski definition) is 1. The van der Waals surface area contributed by atoms with Gasteiger partial charge in [-0.15, -0.1) is 0 Å². The first-order chi connectivity index (χ1) is 9.51. The second-order valence-electron chi connectivity index (χ2n) is 4.53. The standard InChI is InChI=1S/C14H16FN3O2/c1-3-18-9-10(7-16-18)8-17(2)14(20)12-5-4-11(15)6-13(12)19/h4-7,9,19H,3,8H2,1-2H3. The van der Waals surface area contributed by atoms with Crippen LogP contribution in [0.5, 0.6) is 5.75 Å². The molecule has 0 aliphatic carbocycles. The average molecular weight is 277 g/mol. The van der Waals surface area contributed by atoms with E-state index in [4.69, 9.17) is 0 Å². The molecule has 0 unspecified atom stereocenters. The van der Waals surface area contributed by atoms with Crippen molar-refractivity contribution in [2.45, 2.75) is 20.0 Å².